The fourth-order valence-electron chi connectivity index (χ4n) is 0.934. The molecule has 1 atom stereocenters. The number of hydrogen-bond donors (Lipinski definition) is 2. The van der Waals surface area contributed by atoms with Crippen LogP contribution in [0.1, 0.15) is 12.5 Å². The van der Waals surface area contributed by atoms with Crippen molar-refractivity contribution in [2.45, 2.75) is 18.9 Å². The number of anilines is 1. The Balaban J connectivity index is 2.63. The Morgan fingerprint density at radius 3 is 3.00 bits per heavy atom. The van der Waals surface area contributed by atoms with Crippen LogP contribution in [0, 0.1) is 12.8 Å². The number of nitrogens with zero attached hydrogens (tertiary/aromatic N) is 1. The van der Waals surface area contributed by atoms with Gasteiger partial charge in [0.2, 0.25) is 0 Å². The van der Waals surface area contributed by atoms with Gasteiger partial charge >= 0.3 is 0 Å². The third-order valence-electron chi connectivity index (χ3n) is 1.99. The van der Waals surface area contributed by atoms with E-state index in [2.05, 4.69) is 4.98 Å². The van der Waals surface area contributed by atoms with Gasteiger partial charge in [0, 0.05) is 18.6 Å². The van der Waals surface area contributed by atoms with Crippen LogP contribution in [0.2, 0.25) is 0 Å². The van der Waals surface area contributed by atoms with Gasteiger partial charge in [-0.2, -0.15) is 0 Å². The molecule has 1 aromatic heterocycles. The van der Waals surface area contributed by atoms with Crippen molar-refractivity contribution in [3.8, 4) is 0 Å². The van der Waals surface area contributed by atoms with Crippen LogP contribution >= 0.6 is 11.8 Å². The number of aliphatic hydroxyl groups is 1. The van der Waals surface area contributed by atoms with Crippen LogP contribution in [-0.4, -0.2) is 22.5 Å². The first-order valence-corrected chi connectivity index (χ1v) is 5.58. The summed E-state index contributed by atoms with van der Waals surface area (Å²) in [5.74, 6) is 1.12. The smallest absolute Gasteiger partial charge is 0.119 e. The molecule has 0 aromatic carbocycles. The number of rotatable bonds is 4. The Bertz CT molecular complexity index is 304. The minimum Gasteiger partial charge on any atom is -0.396 e. The number of nitrogen functional groups attached to an aromatic ring is 1. The summed E-state index contributed by atoms with van der Waals surface area (Å²) < 4.78 is 0. The number of hydrogen-bond acceptors (Lipinski definition) is 4. The van der Waals surface area contributed by atoms with Crippen LogP contribution in [0.25, 0.3) is 0 Å². The van der Waals surface area contributed by atoms with Gasteiger partial charge in [0.25, 0.3) is 0 Å². The minimum atomic E-state index is 0.207. The first-order chi connectivity index (χ1) is 6.65. The van der Waals surface area contributed by atoms with Gasteiger partial charge in [-0.05, 0) is 24.5 Å². The van der Waals surface area contributed by atoms with E-state index in [0.717, 1.165) is 22.0 Å². The summed E-state index contributed by atoms with van der Waals surface area (Å²) in [6, 6.07) is 1.90. The van der Waals surface area contributed by atoms with E-state index in [1.54, 1.807) is 18.0 Å². The Morgan fingerprint density at radius 1 is 1.64 bits per heavy atom. The standard InChI is InChI=1S/C10H16N2OS/c1-7(5-13)6-14-10-9(11)8(2)3-4-12-10/h3-4,7,13H,5-6,11H2,1-2H3. The average Bonchev–Trinajstić information content (AvgIpc) is 2.20. The summed E-state index contributed by atoms with van der Waals surface area (Å²) in [4.78, 5) is 4.20. The lowest BCUT2D eigenvalue weighted by atomic mass is 10.2. The van der Waals surface area contributed by atoms with Crippen LogP contribution in [0.3, 0.4) is 0 Å². The molecule has 4 heteroatoms. The van der Waals surface area contributed by atoms with E-state index in [-0.39, 0.29) is 12.5 Å². The van der Waals surface area contributed by atoms with Crippen molar-refractivity contribution in [2.75, 3.05) is 18.1 Å². The normalized spacial score (nSPS) is 12.8. The van der Waals surface area contributed by atoms with Gasteiger partial charge in [0.15, 0.2) is 0 Å². The fraction of sp³-hybridized carbons (Fsp3) is 0.500. The summed E-state index contributed by atoms with van der Waals surface area (Å²) in [5, 5.41) is 9.74. The molecule has 0 radical (unpaired) electrons. The highest BCUT2D eigenvalue weighted by Gasteiger charge is 2.06. The first-order valence-electron chi connectivity index (χ1n) is 4.60. The highest BCUT2D eigenvalue weighted by molar-refractivity contribution is 7.99. The van der Waals surface area contributed by atoms with Crippen LogP contribution in [0.4, 0.5) is 5.69 Å². The van der Waals surface area contributed by atoms with Gasteiger partial charge in [-0.25, -0.2) is 4.98 Å². The van der Waals surface area contributed by atoms with E-state index in [4.69, 9.17) is 10.8 Å². The van der Waals surface area contributed by atoms with Gasteiger partial charge in [0.05, 0.1) is 5.69 Å². The fourth-order valence-corrected chi connectivity index (χ4v) is 1.93. The molecule has 78 valence electrons. The van der Waals surface area contributed by atoms with Gasteiger partial charge in [0.1, 0.15) is 5.03 Å². The molecule has 0 aliphatic rings. The maximum Gasteiger partial charge on any atom is 0.119 e. The molecule has 0 fully saturated rings. The highest BCUT2D eigenvalue weighted by Crippen LogP contribution is 2.26. The molecule has 1 heterocycles. The molecule has 0 spiro atoms. The average molecular weight is 212 g/mol. The van der Waals surface area contributed by atoms with Crippen molar-refractivity contribution in [1.29, 1.82) is 0 Å². The Hall–Kier alpha value is -0.740. The third kappa shape index (κ3) is 2.89. The zero-order valence-corrected chi connectivity index (χ0v) is 9.34. The van der Waals surface area contributed by atoms with Crippen LogP contribution in [0.5, 0.6) is 0 Å². The molecule has 0 amide bonds. The van der Waals surface area contributed by atoms with E-state index >= 15 is 0 Å². The zero-order valence-electron chi connectivity index (χ0n) is 8.53. The van der Waals surface area contributed by atoms with E-state index in [1.807, 2.05) is 19.9 Å². The number of aryl methyl sites for hydroxylation is 1. The maximum atomic E-state index is 8.87. The Morgan fingerprint density at radius 2 is 2.36 bits per heavy atom. The molecular weight excluding hydrogens is 196 g/mol. The van der Waals surface area contributed by atoms with Gasteiger partial charge < -0.3 is 10.8 Å². The lowest BCUT2D eigenvalue weighted by Gasteiger charge is -2.09. The second-order valence-electron chi connectivity index (χ2n) is 3.45. The van der Waals surface area contributed by atoms with E-state index < -0.39 is 0 Å². The highest BCUT2D eigenvalue weighted by atomic mass is 32.2. The van der Waals surface area contributed by atoms with Crippen molar-refractivity contribution >= 4 is 17.4 Å². The number of aliphatic hydroxyl groups excluding tert-OH is 1. The van der Waals surface area contributed by atoms with Crippen LogP contribution in [-0.2, 0) is 0 Å². The molecule has 3 N–H and O–H groups in total. The van der Waals surface area contributed by atoms with Gasteiger partial charge in [-0.15, -0.1) is 11.8 Å². The molecule has 0 aliphatic carbocycles. The molecular formula is C10H16N2OS. The Labute approximate surface area is 88.7 Å². The predicted octanol–water partition coefficient (Wildman–Crippen LogP) is 1.69. The quantitative estimate of drug-likeness (QED) is 0.746. The number of aromatic nitrogens is 1. The second kappa shape index (κ2) is 5.22. The summed E-state index contributed by atoms with van der Waals surface area (Å²) >= 11 is 1.60. The van der Waals surface area contributed by atoms with Crippen molar-refractivity contribution in [2.24, 2.45) is 5.92 Å². The Kier molecular flexibility index (Phi) is 4.22. The SMILES string of the molecule is Cc1ccnc(SCC(C)CO)c1N. The summed E-state index contributed by atoms with van der Waals surface area (Å²) in [7, 11) is 0. The molecule has 0 bridgehead atoms. The van der Waals surface area contributed by atoms with Gasteiger partial charge in [-0.3, -0.25) is 0 Å². The number of thioether (sulfide) groups is 1. The number of pyridine rings is 1. The zero-order chi connectivity index (χ0) is 10.6. The van der Waals surface area contributed by atoms with Crippen LogP contribution < -0.4 is 5.73 Å². The maximum absolute atomic E-state index is 8.87. The second-order valence-corrected chi connectivity index (χ2v) is 4.45. The summed E-state index contributed by atoms with van der Waals surface area (Å²) in [5.41, 5.74) is 7.67. The topological polar surface area (TPSA) is 59.1 Å². The minimum absolute atomic E-state index is 0.207. The lowest BCUT2D eigenvalue weighted by Crippen LogP contribution is -2.04. The lowest BCUT2D eigenvalue weighted by molar-refractivity contribution is 0.250. The van der Waals surface area contributed by atoms with Crippen molar-refractivity contribution in [3.05, 3.63) is 17.8 Å². The first kappa shape index (κ1) is 11.3. The van der Waals surface area contributed by atoms with Crippen molar-refractivity contribution in [1.82, 2.24) is 4.98 Å². The predicted molar refractivity (Wildman–Crippen MR) is 60.4 cm³/mol. The molecule has 1 unspecified atom stereocenters. The van der Waals surface area contributed by atoms with Crippen LogP contribution in [0.15, 0.2) is 17.3 Å². The largest absolute Gasteiger partial charge is 0.396 e. The summed E-state index contributed by atoms with van der Waals surface area (Å²) in [6.07, 6.45) is 1.76. The summed E-state index contributed by atoms with van der Waals surface area (Å²) in [6.45, 7) is 4.17. The van der Waals surface area contributed by atoms with E-state index in [1.165, 1.54) is 0 Å². The monoisotopic (exact) mass is 212 g/mol. The van der Waals surface area contributed by atoms with E-state index in [0.29, 0.717) is 0 Å². The molecule has 1 rings (SSSR count). The molecule has 0 aliphatic heterocycles. The molecule has 0 saturated heterocycles. The number of nitrogens with two attached hydrogens (primary N) is 1. The van der Waals surface area contributed by atoms with Crippen molar-refractivity contribution < 1.29 is 5.11 Å². The molecule has 14 heavy (non-hydrogen) atoms. The molecule has 1 aromatic rings. The van der Waals surface area contributed by atoms with Gasteiger partial charge in [-0.1, -0.05) is 6.92 Å². The van der Waals surface area contributed by atoms with E-state index in [9.17, 15) is 0 Å². The molecule has 3 nitrogen and oxygen atoms in total. The molecule has 0 saturated carbocycles. The third-order valence-corrected chi connectivity index (χ3v) is 3.32. The van der Waals surface area contributed by atoms with Crippen molar-refractivity contribution in [3.63, 3.8) is 0 Å².